The molecule has 1 atom stereocenters. The van der Waals surface area contributed by atoms with Crippen molar-refractivity contribution in [3.63, 3.8) is 0 Å². The number of carbonyl (C=O) groups excluding carboxylic acids is 2. The Hall–Kier alpha value is -3.72. The zero-order valence-electron chi connectivity index (χ0n) is 20.2. The van der Waals surface area contributed by atoms with Crippen LogP contribution in [0.5, 0.6) is 0 Å². The van der Waals surface area contributed by atoms with Crippen molar-refractivity contribution in [3.8, 4) is 0 Å². The lowest BCUT2D eigenvalue weighted by Crippen LogP contribution is -2.36. The number of hydrogen-bond acceptors (Lipinski definition) is 6. The van der Waals surface area contributed by atoms with E-state index in [-0.39, 0.29) is 12.4 Å². The number of aromatic nitrogens is 3. The molecule has 0 fully saturated rings. The number of hydrogen-bond donors (Lipinski definition) is 2. The van der Waals surface area contributed by atoms with Crippen LogP contribution in [-0.2, 0) is 22.5 Å². The van der Waals surface area contributed by atoms with Crippen LogP contribution in [0.4, 0.5) is 4.79 Å². The lowest BCUT2D eigenvalue weighted by molar-refractivity contribution is 0.0458. The first-order chi connectivity index (χ1) is 17.2. The van der Waals surface area contributed by atoms with E-state index < -0.39 is 23.7 Å². The number of benzene rings is 2. The summed E-state index contributed by atoms with van der Waals surface area (Å²) in [5, 5.41) is 2.93. The normalized spacial score (nSPS) is 12.2. The highest BCUT2D eigenvalue weighted by molar-refractivity contribution is 9.10. The number of ether oxygens (including phenoxy) is 2. The van der Waals surface area contributed by atoms with Gasteiger partial charge in [0.25, 0.3) is 0 Å². The zero-order chi connectivity index (χ0) is 25.7. The predicted octanol–water partition coefficient (Wildman–Crippen LogP) is 5.89. The Balaban J connectivity index is 1.59. The maximum Gasteiger partial charge on any atom is 0.408 e. The Labute approximate surface area is 217 Å². The minimum atomic E-state index is -0.646. The van der Waals surface area contributed by atoms with Crippen molar-refractivity contribution in [2.45, 2.75) is 45.4 Å². The number of halogens is 1. The summed E-state index contributed by atoms with van der Waals surface area (Å²) in [4.78, 5) is 37.2. The molecule has 4 aromatic rings. The summed E-state index contributed by atoms with van der Waals surface area (Å²) >= 11 is 3.57. The van der Waals surface area contributed by atoms with Crippen molar-refractivity contribution in [2.24, 2.45) is 0 Å². The van der Waals surface area contributed by atoms with Crippen LogP contribution in [0, 0.1) is 0 Å². The molecule has 0 saturated carbocycles. The number of amides is 1. The molecular weight excluding hydrogens is 524 g/mol. The summed E-state index contributed by atoms with van der Waals surface area (Å²) < 4.78 is 11.5. The Bertz CT molecular complexity index is 1350. The fraction of sp³-hybridized carbons (Fsp3) is 0.259. The van der Waals surface area contributed by atoms with Gasteiger partial charge in [0, 0.05) is 4.47 Å². The van der Waals surface area contributed by atoms with Crippen LogP contribution in [0.15, 0.2) is 71.2 Å². The van der Waals surface area contributed by atoms with Crippen LogP contribution < -0.4 is 5.32 Å². The third-order valence-electron chi connectivity index (χ3n) is 5.16. The molecule has 36 heavy (non-hydrogen) atoms. The number of carbonyl (C=O) groups is 2. The molecule has 2 aromatic heterocycles. The third kappa shape index (κ3) is 6.69. The minimum absolute atomic E-state index is 0.0530. The fourth-order valence-corrected chi connectivity index (χ4v) is 4.17. The molecule has 0 saturated heterocycles. The zero-order valence-corrected chi connectivity index (χ0v) is 21.8. The lowest BCUT2D eigenvalue weighted by Gasteiger charge is -2.24. The molecule has 0 unspecified atom stereocenters. The monoisotopic (exact) mass is 550 g/mol. The van der Waals surface area contributed by atoms with Crippen LogP contribution in [0.25, 0.3) is 11.2 Å². The van der Waals surface area contributed by atoms with E-state index >= 15 is 0 Å². The van der Waals surface area contributed by atoms with E-state index in [1.807, 2.05) is 60.7 Å². The molecule has 186 valence electrons. The molecule has 0 aliphatic carbocycles. The minimum Gasteiger partial charge on any atom is -0.455 e. The second kappa shape index (κ2) is 10.9. The van der Waals surface area contributed by atoms with Gasteiger partial charge in [0.15, 0.2) is 5.65 Å². The summed E-state index contributed by atoms with van der Waals surface area (Å²) in [6, 6.07) is 20.4. The largest absolute Gasteiger partial charge is 0.455 e. The number of aromatic amines is 1. The standard InChI is InChI=1S/C27H27BrN4O4/c1-27(2,3)36-26(34)30-20(14-17-10-6-4-7-11-17)22-19(28)15-21-23(31-22)32-24(29-21)25(33)35-16-18-12-8-5-9-13-18/h4-13,15,20H,14,16H2,1-3H3,(H,30,34)(H,29,31,32)/t20-/m0/s1. The number of pyridine rings is 1. The molecule has 8 nitrogen and oxygen atoms in total. The summed E-state index contributed by atoms with van der Waals surface area (Å²) in [6.07, 6.45) is -0.0717. The molecule has 0 aliphatic heterocycles. The highest BCUT2D eigenvalue weighted by atomic mass is 79.9. The average Bonchev–Trinajstić information content (AvgIpc) is 3.24. The van der Waals surface area contributed by atoms with Gasteiger partial charge in [0.2, 0.25) is 5.82 Å². The molecule has 0 spiro atoms. The van der Waals surface area contributed by atoms with Crippen LogP contribution in [0.3, 0.4) is 0 Å². The van der Waals surface area contributed by atoms with E-state index in [9.17, 15) is 9.59 Å². The van der Waals surface area contributed by atoms with Gasteiger partial charge in [-0.25, -0.2) is 19.6 Å². The summed E-state index contributed by atoms with van der Waals surface area (Å²) in [7, 11) is 0. The van der Waals surface area contributed by atoms with Crippen molar-refractivity contribution in [1.82, 2.24) is 20.3 Å². The van der Waals surface area contributed by atoms with E-state index in [4.69, 9.17) is 9.47 Å². The van der Waals surface area contributed by atoms with Gasteiger partial charge < -0.3 is 19.8 Å². The number of alkyl carbamates (subject to hydrolysis) is 1. The van der Waals surface area contributed by atoms with Gasteiger partial charge >= 0.3 is 12.1 Å². The maximum absolute atomic E-state index is 12.6. The van der Waals surface area contributed by atoms with E-state index in [2.05, 4.69) is 36.2 Å². The quantitative estimate of drug-likeness (QED) is 0.278. The number of rotatable bonds is 7. The van der Waals surface area contributed by atoms with Crippen LogP contribution in [-0.4, -0.2) is 32.6 Å². The Morgan fingerprint density at radius 1 is 1.00 bits per heavy atom. The SMILES string of the molecule is CC(C)(C)OC(=O)N[C@@H](Cc1ccccc1)c1nc2nc(C(=O)OCc3ccccc3)[nH]c2cc1Br. The number of imidazole rings is 1. The Morgan fingerprint density at radius 3 is 2.28 bits per heavy atom. The molecule has 0 bridgehead atoms. The summed E-state index contributed by atoms with van der Waals surface area (Å²) in [5.41, 5.74) is 2.71. The van der Waals surface area contributed by atoms with Crippen molar-refractivity contribution < 1.29 is 19.1 Å². The topological polar surface area (TPSA) is 106 Å². The molecule has 2 heterocycles. The molecule has 0 radical (unpaired) electrons. The maximum atomic E-state index is 12.6. The van der Waals surface area contributed by atoms with Crippen molar-refractivity contribution >= 4 is 39.2 Å². The molecule has 1 amide bonds. The second-order valence-corrected chi connectivity index (χ2v) is 10.1. The van der Waals surface area contributed by atoms with Gasteiger partial charge in [-0.05, 0) is 60.3 Å². The number of esters is 1. The van der Waals surface area contributed by atoms with Crippen LogP contribution in [0.2, 0.25) is 0 Å². The van der Waals surface area contributed by atoms with Crippen molar-refractivity contribution in [2.75, 3.05) is 0 Å². The summed E-state index contributed by atoms with van der Waals surface area (Å²) in [6.45, 7) is 5.56. The molecule has 0 aliphatic rings. The van der Waals surface area contributed by atoms with Gasteiger partial charge in [-0.3, -0.25) is 0 Å². The molecule has 4 rings (SSSR count). The highest BCUT2D eigenvalue weighted by Gasteiger charge is 2.25. The fourth-order valence-electron chi connectivity index (χ4n) is 3.58. The van der Waals surface area contributed by atoms with Gasteiger partial charge in [-0.15, -0.1) is 0 Å². The Morgan fingerprint density at radius 2 is 1.64 bits per heavy atom. The summed E-state index contributed by atoms with van der Waals surface area (Å²) in [5.74, 6) is -0.528. The number of fused-ring (bicyclic) bond motifs is 1. The molecular formula is C27H27BrN4O4. The van der Waals surface area contributed by atoms with Gasteiger partial charge in [0.05, 0.1) is 17.3 Å². The van der Waals surface area contributed by atoms with Crippen LogP contribution in [0.1, 0.15) is 54.3 Å². The van der Waals surface area contributed by atoms with E-state index in [0.29, 0.717) is 27.8 Å². The van der Waals surface area contributed by atoms with Crippen molar-refractivity contribution in [3.05, 3.63) is 93.8 Å². The van der Waals surface area contributed by atoms with Gasteiger partial charge in [-0.2, -0.15) is 0 Å². The first-order valence-corrected chi connectivity index (χ1v) is 12.3. The number of nitrogens with one attached hydrogen (secondary N) is 2. The first-order valence-electron chi connectivity index (χ1n) is 11.5. The van der Waals surface area contributed by atoms with E-state index in [1.165, 1.54) is 0 Å². The second-order valence-electron chi connectivity index (χ2n) is 9.26. The first kappa shape index (κ1) is 25.4. The van der Waals surface area contributed by atoms with E-state index in [1.54, 1.807) is 26.8 Å². The molecule has 2 N–H and O–H groups in total. The van der Waals surface area contributed by atoms with Gasteiger partial charge in [0.1, 0.15) is 12.2 Å². The van der Waals surface area contributed by atoms with Crippen molar-refractivity contribution in [1.29, 1.82) is 0 Å². The smallest absolute Gasteiger partial charge is 0.408 e. The van der Waals surface area contributed by atoms with E-state index in [0.717, 1.165) is 11.1 Å². The highest BCUT2D eigenvalue weighted by Crippen LogP contribution is 2.28. The third-order valence-corrected chi connectivity index (χ3v) is 5.80. The lowest BCUT2D eigenvalue weighted by atomic mass is 10.0. The van der Waals surface area contributed by atoms with Gasteiger partial charge in [-0.1, -0.05) is 60.7 Å². The Kier molecular flexibility index (Phi) is 7.69. The molecule has 2 aromatic carbocycles. The predicted molar refractivity (Wildman–Crippen MR) is 139 cm³/mol. The number of H-pyrrole nitrogens is 1. The molecule has 9 heteroatoms. The average molecular weight is 551 g/mol. The number of nitrogens with zero attached hydrogens (tertiary/aromatic N) is 2. The van der Waals surface area contributed by atoms with Crippen LogP contribution >= 0.6 is 15.9 Å².